The number of hydrogen-bond acceptors (Lipinski definition) is 1. The van der Waals surface area contributed by atoms with E-state index < -0.39 is 0 Å². The van der Waals surface area contributed by atoms with Crippen LogP contribution in [-0.2, 0) is 0 Å². The monoisotopic (exact) mass is 163 g/mol. The van der Waals surface area contributed by atoms with Gasteiger partial charge in [-0.05, 0) is 44.1 Å². The third kappa shape index (κ3) is 1.33. The number of fused-ring (bicyclic) bond motifs is 1. The molecule has 0 unspecified atom stereocenters. The smallest absolute Gasteiger partial charge is 0.0395 e. The normalized spacial score (nSPS) is 23.6. The van der Waals surface area contributed by atoms with Crippen LogP contribution in [0.1, 0.15) is 45.4 Å². The van der Waals surface area contributed by atoms with Crippen molar-refractivity contribution in [3.05, 3.63) is 11.1 Å². The highest BCUT2D eigenvalue weighted by molar-refractivity contribution is 6.02. The van der Waals surface area contributed by atoms with Crippen LogP contribution in [0.3, 0.4) is 0 Å². The third-order valence-corrected chi connectivity index (χ3v) is 2.98. The van der Waals surface area contributed by atoms with E-state index in [9.17, 15) is 0 Å². The molecular formula is C11H17N. The number of aliphatic imine (C=N–C) groups is 1. The van der Waals surface area contributed by atoms with Gasteiger partial charge in [0.2, 0.25) is 0 Å². The number of rotatable bonds is 1. The molecule has 0 amide bonds. The summed E-state index contributed by atoms with van der Waals surface area (Å²) in [4.78, 5) is 4.64. The van der Waals surface area contributed by atoms with E-state index in [0.717, 1.165) is 6.54 Å². The highest BCUT2D eigenvalue weighted by Gasteiger charge is 2.19. The molecule has 1 aliphatic carbocycles. The minimum Gasteiger partial charge on any atom is -0.289 e. The molecule has 0 aromatic rings. The van der Waals surface area contributed by atoms with Gasteiger partial charge in [-0.2, -0.15) is 0 Å². The van der Waals surface area contributed by atoms with Gasteiger partial charge in [0.05, 0.1) is 0 Å². The zero-order chi connectivity index (χ0) is 8.39. The molecule has 1 heteroatoms. The molecule has 12 heavy (non-hydrogen) atoms. The first-order valence-corrected chi connectivity index (χ1v) is 5.16. The summed E-state index contributed by atoms with van der Waals surface area (Å²) < 4.78 is 0. The van der Waals surface area contributed by atoms with Crippen LogP contribution in [0.15, 0.2) is 16.1 Å². The van der Waals surface area contributed by atoms with Gasteiger partial charge in [0.25, 0.3) is 0 Å². The first-order chi connectivity index (χ1) is 5.92. The molecule has 0 aromatic heterocycles. The van der Waals surface area contributed by atoms with Crippen LogP contribution in [0.5, 0.6) is 0 Å². The molecule has 1 nitrogen and oxygen atoms in total. The van der Waals surface area contributed by atoms with E-state index in [0.29, 0.717) is 0 Å². The SMILES string of the molecule is CCC1=C2CCCC2=NCCC1. The predicted molar refractivity (Wildman–Crippen MR) is 52.7 cm³/mol. The maximum atomic E-state index is 4.64. The molecule has 0 saturated heterocycles. The molecule has 0 N–H and O–H groups in total. The van der Waals surface area contributed by atoms with E-state index in [1.54, 1.807) is 11.1 Å². The Balaban J connectivity index is 2.32. The lowest BCUT2D eigenvalue weighted by Gasteiger charge is -2.05. The summed E-state index contributed by atoms with van der Waals surface area (Å²) >= 11 is 0. The number of hydrogen-bond donors (Lipinski definition) is 0. The first kappa shape index (κ1) is 8.03. The van der Waals surface area contributed by atoms with Crippen molar-refractivity contribution in [2.45, 2.75) is 45.4 Å². The Morgan fingerprint density at radius 3 is 2.92 bits per heavy atom. The third-order valence-electron chi connectivity index (χ3n) is 2.98. The van der Waals surface area contributed by atoms with Gasteiger partial charge >= 0.3 is 0 Å². The summed E-state index contributed by atoms with van der Waals surface area (Å²) in [7, 11) is 0. The molecule has 0 spiro atoms. The fourth-order valence-electron chi connectivity index (χ4n) is 2.33. The van der Waals surface area contributed by atoms with Crippen LogP contribution >= 0.6 is 0 Å². The zero-order valence-electron chi connectivity index (χ0n) is 7.90. The van der Waals surface area contributed by atoms with Gasteiger partial charge in [-0.1, -0.05) is 12.5 Å². The van der Waals surface area contributed by atoms with Crippen molar-refractivity contribution in [3.8, 4) is 0 Å². The molecular weight excluding hydrogens is 146 g/mol. The van der Waals surface area contributed by atoms with Crippen molar-refractivity contribution in [2.75, 3.05) is 6.54 Å². The molecule has 0 bridgehead atoms. The zero-order valence-corrected chi connectivity index (χ0v) is 7.90. The van der Waals surface area contributed by atoms with Crippen LogP contribution < -0.4 is 0 Å². The van der Waals surface area contributed by atoms with Crippen LogP contribution in [0.25, 0.3) is 0 Å². The largest absolute Gasteiger partial charge is 0.289 e. The summed E-state index contributed by atoms with van der Waals surface area (Å²) in [5.74, 6) is 0. The van der Waals surface area contributed by atoms with Crippen molar-refractivity contribution in [3.63, 3.8) is 0 Å². The van der Waals surface area contributed by atoms with Crippen molar-refractivity contribution in [2.24, 2.45) is 4.99 Å². The van der Waals surface area contributed by atoms with Crippen LogP contribution in [0.4, 0.5) is 0 Å². The van der Waals surface area contributed by atoms with Crippen LogP contribution in [0, 0.1) is 0 Å². The Morgan fingerprint density at radius 1 is 1.17 bits per heavy atom. The Kier molecular flexibility index (Phi) is 2.29. The van der Waals surface area contributed by atoms with Crippen LogP contribution in [-0.4, -0.2) is 12.3 Å². The van der Waals surface area contributed by atoms with E-state index in [1.807, 2.05) is 0 Å². The summed E-state index contributed by atoms with van der Waals surface area (Å²) in [6.07, 6.45) is 7.72. The Labute approximate surface area is 74.6 Å². The van der Waals surface area contributed by atoms with Crippen molar-refractivity contribution >= 4 is 5.71 Å². The maximum Gasteiger partial charge on any atom is 0.0395 e. The average Bonchev–Trinajstić information content (AvgIpc) is 2.46. The average molecular weight is 163 g/mol. The van der Waals surface area contributed by atoms with Crippen molar-refractivity contribution < 1.29 is 0 Å². The summed E-state index contributed by atoms with van der Waals surface area (Å²) in [5.41, 5.74) is 4.78. The summed E-state index contributed by atoms with van der Waals surface area (Å²) in [6, 6.07) is 0. The minimum absolute atomic E-state index is 1.07. The highest BCUT2D eigenvalue weighted by atomic mass is 14.7. The molecule has 1 heterocycles. The number of nitrogens with zero attached hydrogens (tertiary/aromatic N) is 1. The van der Waals surface area contributed by atoms with Crippen molar-refractivity contribution in [1.82, 2.24) is 0 Å². The van der Waals surface area contributed by atoms with Gasteiger partial charge in [0.15, 0.2) is 0 Å². The van der Waals surface area contributed by atoms with Gasteiger partial charge < -0.3 is 0 Å². The maximum absolute atomic E-state index is 4.64. The van der Waals surface area contributed by atoms with Crippen molar-refractivity contribution in [1.29, 1.82) is 0 Å². The molecule has 0 radical (unpaired) electrons. The lowest BCUT2D eigenvalue weighted by Crippen LogP contribution is -1.95. The molecule has 0 aromatic carbocycles. The lowest BCUT2D eigenvalue weighted by molar-refractivity contribution is 0.792. The lowest BCUT2D eigenvalue weighted by atomic mass is 10.00. The second-order valence-corrected chi connectivity index (χ2v) is 3.72. The Bertz CT molecular complexity index is 235. The molecule has 2 aliphatic rings. The Hall–Kier alpha value is -0.590. The molecule has 66 valence electrons. The minimum atomic E-state index is 1.07. The van der Waals surface area contributed by atoms with Gasteiger partial charge in [0, 0.05) is 12.3 Å². The van der Waals surface area contributed by atoms with Gasteiger partial charge in [-0.25, -0.2) is 0 Å². The quantitative estimate of drug-likeness (QED) is 0.563. The van der Waals surface area contributed by atoms with Gasteiger partial charge in [0.1, 0.15) is 0 Å². The molecule has 1 aliphatic heterocycles. The van der Waals surface area contributed by atoms with E-state index in [1.165, 1.54) is 44.2 Å². The Morgan fingerprint density at radius 2 is 2.08 bits per heavy atom. The topological polar surface area (TPSA) is 12.4 Å². The van der Waals surface area contributed by atoms with E-state index in [-0.39, 0.29) is 0 Å². The number of allylic oxidation sites excluding steroid dienone is 2. The highest BCUT2D eigenvalue weighted by Crippen LogP contribution is 2.30. The second-order valence-electron chi connectivity index (χ2n) is 3.72. The summed E-state index contributed by atoms with van der Waals surface area (Å²) in [6.45, 7) is 3.35. The molecule has 1 saturated carbocycles. The standard InChI is InChI=1S/C11H17N/c1-2-9-5-4-8-12-11-7-3-6-10(9)11/h2-8H2,1H3. The van der Waals surface area contributed by atoms with Crippen LogP contribution in [0.2, 0.25) is 0 Å². The fraction of sp³-hybridized carbons (Fsp3) is 0.727. The van der Waals surface area contributed by atoms with E-state index >= 15 is 0 Å². The van der Waals surface area contributed by atoms with E-state index in [4.69, 9.17) is 0 Å². The van der Waals surface area contributed by atoms with E-state index in [2.05, 4.69) is 11.9 Å². The molecule has 2 rings (SSSR count). The fourth-order valence-corrected chi connectivity index (χ4v) is 2.33. The first-order valence-electron chi connectivity index (χ1n) is 5.16. The summed E-state index contributed by atoms with van der Waals surface area (Å²) in [5, 5.41) is 0. The molecule has 0 atom stereocenters. The predicted octanol–water partition coefficient (Wildman–Crippen LogP) is 3.11. The van der Waals surface area contributed by atoms with Gasteiger partial charge in [-0.3, -0.25) is 4.99 Å². The van der Waals surface area contributed by atoms with Gasteiger partial charge in [-0.15, -0.1) is 0 Å². The second kappa shape index (κ2) is 3.42. The molecule has 1 fully saturated rings.